The van der Waals surface area contributed by atoms with Gasteiger partial charge in [-0.15, -0.1) is 0 Å². The fraction of sp³-hybridized carbons (Fsp3) is 0.192. The van der Waals surface area contributed by atoms with Crippen molar-refractivity contribution < 1.29 is 14.3 Å². The molecule has 178 valence electrons. The third kappa shape index (κ3) is 4.80. The summed E-state index contributed by atoms with van der Waals surface area (Å²) in [7, 11) is 1.72. The topological polar surface area (TPSA) is 104 Å². The van der Waals surface area contributed by atoms with E-state index in [1.165, 1.54) is 17.3 Å². The van der Waals surface area contributed by atoms with Crippen molar-refractivity contribution >= 4 is 40.0 Å². The van der Waals surface area contributed by atoms with Gasteiger partial charge in [-0.05, 0) is 42.8 Å². The minimum Gasteiger partial charge on any atom is -0.438 e. The van der Waals surface area contributed by atoms with Crippen LogP contribution in [0.5, 0.6) is 11.6 Å². The molecular formula is C26H26N6O3. The summed E-state index contributed by atoms with van der Waals surface area (Å²) in [6.07, 6.45) is 3.94. The first-order valence-electron chi connectivity index (χ1n) is 11.3. The van der Waals surface area contributed by atoms with Crippen LogP contribution in [0.1, 0.15) is 5.56 Å². The number of ether oxygens (including phenoxy) is 2. The maximum Gasteiger partial charge on any atom is 0.247 e. The average Bonchev–Trinajstić information content (AvgIpc) is 3.51. The van der Waals surface area contributed by atoms with Crippen LogP contribution in [0.4, 0.5) is 23.0 Å². The van der Waals surface area contributed by atoms with Gasteiger partial charge in [0, 0.05) is 55.1 Å². The van der Waals surface area contributed by atoms with Gasteiger partial charge in [-0.2, -0.15) is 9.97 Å². The Morgan fingerprint density at radius 1 is 1.23 bits per heavy atom. The number of nitrogens with zero attached hydrogens (tertiary/aromatic N) is 3. The summed E-state index contributed by atoms with van der Waals surface area (Å²) in [5, 5.41) is 6.87. The van der Waals surface area contributed by atoms with E-state index in [1.54, 1.807) is 37.6 Å². The molecule has 0 unspecified atom stereocenters. The summed E-state index contributed by atoms with van der Waals surface area (Å²) in [5.41, 5.74) is 4.65. The van der Waals surface area contributed by atoms with E-state index in [0.717, 1.165) is 30.6 Å². The predicted octanol–water partition coefficient (Wildman–Crippen LogP) is 4.63. The second-order valence-corrected chi connectivity index (χ2v) is 8.07. The highest BCUT2D eigenvalue weighted by molar-refractivity contribution is 5.99. The molecule has 9 nitrogen and oxygen atoms in total. The Labute approximate surface area is 202 Å². The van der Waals surface area contributed by atoms with Crippen LogP contribution >= 0.6 is 0 Å². The fourth-order valence-electron chi connectivity index (χ4n) is 4.16. The Balaban J connectivity index is 1.42. The zero-order chi connectivity index (χ0) is 24.2. The molecule has 1 aliphatic rings. The second kappa shape index (κ2) is 9.86. The van der Waals surface area contributed by atoms with Gasteiger partial charge in [-0.3, -0.25) is 4.79 Å². The van der Waals surface area contributed by atoms with Gasteiger partial charge in [0.2, 0.25) is 17.7 Å². The molecular weight excluding hydrogens is 444 g/mol. The number of rotatable bonds is 9. The van der Waals surface area contributed by atoms with Crippen LogP contribution < -0.4 is 20.3 Å². The molecule has 0 saturated heterocycles. The van der Waals surface area contributed by atoms with E-state index in [4.69, 9.17) is 9.47 Å². The highest BCUT2D eigenvalue weighted by atomic mass is 16.5. The van der Waals surface area contributed by atoms with Crippen LogP contribution in [0.25, 0.3) is 11.0 Å². The van der Waals surface area contributed by atoms with Crippen molar-refractivity contribution in [2.24, 2.45) is 0 Å². The summed E-state index contributed by atoms with van der Waals surface area (Å²) in [6, 6.07) is 15.2. The molecule has 4 aromatic rings. The fourth-order valence-corrected chi connectivity index (χ4v) is 4.16. The second-order valence-electron chi connectivity index (χ2n) is 8.07. The lowest BCUT2D eigenvalue weighted by Gasteiger charge is -2.19. The Morgan fingerprint density at radius 3 is 2.97 bits per heavy atom. The van der Waals surface area contributed by atoms with Crippen molar-refractivity contribution in [3.63, 3.8) is 0 Å². The molecule has 0 fully saturated rings. The van der Waals surface area contributed by atoms with E-state index in [2.05, 4.69) is 43.1 Å². The molecule has 3 heterocycles. The zero-order valence-electron chi connectivity index (χ0n) is 19.4. The molecule has 1 amide bonds. The Hall–Kier alpha value is -4.37. The molecule has 0 aliphatic carbocycles. The maximum atomic E-state index is 11.6. The van der Waals surface area contributed by atoms with Crippen molar-refractivity contribution in [2.75, 3.05) is 42.3 Å². The van der Waals surface area contributed by atoms with Gasteiger partial charge in [-0.25, -0.2) is 0 Å². The van der Waals surface area contributed by atoms with Crippen molar-refractivity contribution in [2.45, 2.75) is 6.42 Å². The van der Waals surface area contributed by atoms with Gasteiger partial charge in [0.1, 0.15) is 11.4 Å². The molecule has 1 aliphatic heterocycles. The number of aromatic nitrogens is 3. The molecule has 0 bridgehead atoms. The first-order valence-corrected chi connectivity index (χ1v) is 11.3. The number of carbonyl (C=O) groups is 1. The standard InChI is InChI=1S/C26H26N6O3/c1-3-23(33)28-17-6-4-7-18(16-17)35-25-20-10-12-27-24(20)30-26(31-25)29-21-8-5-9-22-19(21)11-13-32(22)14-15-34-2/h3-10,12,16H,1,11,13-15H2,2H3,(H,28,33)(H2,27,29,30,31). The number of nitrogens with one attached hydrogen (secondary N) is 3. The average molecular weight is 471 g/mol. The zero-order valence-corrected chi connectivity index (χ0v) is 19.4. The molecule has 0 spiro atoms. The number of hydrogen-bond donors (Lipinski definition) is 3. The van der Waals surface area contributed by atoms with E-state index in [0.29, 0.717) is 35.5 Å². The van der Waals surface area contributed by atoms with Gasteiger partial charge in [0.25, 0.3) is 0 Å². The maximum absolute atomic E-state index is 11.6. The largest absolute Gasteiger partial charge is 0.438 e. The van der Waals surface area contributed by atoms with Crippen LogP contribution in [-0.2, 0) is 16.0 Å². The highest BCUT2D eigenvalue weighted by Crippen LogP contribution is 2.35. The van der Waals surface area contributed by atoms with Gasteiger partial charge in [0.15, 0.2) is 0 Å². The van der Waals surface area contributed by atoms with E-state index >= 15 is 0 Å². The Bertz CT molecular complexity index is 1380. The van der Waals surface area contributed by atoms with Gasteiger partial charge in [0.05, 0.1) is 12.0 Å². The van der Waals surface area contributed by atoms with Gasteiger partial charge >= 0.3 is 0 Å². The van der Waals surface area contributed by atoms with Gasteiger partial charge in [-0.1, -0.05) is 18.7 Å². The van der Waals surface area contributed by atoms with Crippen LogP contribution in [-0.4, -0.2) is 47.7 Å². The number of H-pyrrole nitrogens is 1. The number of carbonyl (C=O) groups excluding carboxylic acids is 1. The van der Waals surface area contributed by atoms with Crippen LogP contribution in [0.2, 0.25) is 0 Å². The lowest BCUT2D eigenvalue weighted by atomic mass is 10.1. The van der Waals surface area contributed by atoms with Crippen LogP contribution in [0, 0.1) is 0 Å². The molecule has 35 heavy (non-hydrogen) atoms. The summed E-state index contributed by atoms with van der Waals surface area (Å²) in [5.74, 6) is 1.07. The van der Waals surface area contributed by atoms with Crippen molar-refractivity contribution in [3.8, 4) is 11.6 Å². The number of anilines is 4. The Morgan fingerprint density at radius 2 is 2.11 bits per heavy atom. The Kier molecular flexibility index (Phi) is 6.32. The molecule has 2 aromatic heterocycles. The first-order chi connectivity index (χ1) is 17.1. The normalized spacial score (nSPS) is 12.4. The number of methoxy groups -OCH3 is 1. The molecule has 0 atom stereocenters. The molecule has 9 heteroatoms. The first kappa shape index (κ1) is 22.4. The van der Waals surface area contributed by atoms with E-state index in [9.17, 15) is 4.79 Å². The lowest BCUT2D eigenvalue weighted by Crippen LogP contribution is -2.24. The van der Waals surface area contributed by atoms with Crippen molar-refractivity contribution in [1.29, 1.82) is 0 Å². The monoisotopic (exact) mass is 470 g/mol. The molecule has 0 saturated carbocycles. The number of amides is 1. The third-order valence-electron chi connectivity index (χ3n) is 5.82. The predicted molar refractivity (Wildman–Crippen MR) is 137 cm³/mol. The quantitative estimate of drug-likeness (QED) is 0.307. The lowest BCUT2D eigenvalue weighted by molar-refractivity contribution is -0.111. The van der Waals surface area contributed by atoms with Crippen molar-refractivity contribution in [3.05, 3.63) is 72.9 Å². The van der Waals surface area contributed by atoms with E-state index in [1.807, 2.05) is 18.2 Å². The minimum absolute atomic E-state index is 0.292. The number of aromatic amines is 1. The van der Waals surface area contributed by atoms with E-state index in [-0.39, 0.29) is 5.91 Å². The molecule has 3 N–H and O–H groups in total. The molecule has 5 rings (SSSR count). The summed E-state index contributed by atoms with van der Waals surface area (Å²) < 4.78 is 11.4. The highest BCUT2D eigenvalue weighted by Gasteiger charge is 2.22. The number of fused-ring (bicyclic) bond motifs is 2. The minimum atomic E-state index is -0.292. The number of benzene rings is 2. The van der Waals surface area contributed by atoms with Crippen LogP contribution in [0.15, 0.2) is 67.4 Å². The van der Waals surface area contributed by atoms with Crippen molar-refractivity contribution in [1.82, 2.24) is 15.0 Å². The smallest absolute Gasteiger partial charge is 0.247 e. The summed E-state index contributed by atoms with van der Waals surface area (Å²) in [6.45, 7) is 5.96. The summed E-state index contributed by atoms with van der Waals surface area (Å²) >= 11 is 0. The SMILES string of the molecule is C=CC(=O)Nc1cccc(Oc2nc(Nc3cccc4c3CCN4CCOC)nc3[nH]ccc23)c1. The molecule has 0 radical (unpaired) electrons. The number of hydrogen-bond acceptors (Lipinski definition) is 7. The third-order valence-corrected chi connectivity index (χ3v) is 5.82. The van der Waals surface area contributed by atoms with Crippen LogP contribution in [0.3, 0.4) is 0 Å². The molecule has 2 aromatic carbocycles. The van der Waals surface area contributed by atoms with E-state index < -0.39 is 0 Å². The van der Waals surface area contributed by atoms with Gasteiger partial charge < -0.3 is 30.0 Å². The summed E-state index contributed by atoms with van der Waals surface area (Å²) in [4.78, 5) is 26.4.